The summed E-state index contributed by atoms with van der Waals surface area (Å²) in [5, 5.41) is 3.57. The van der Waals surface area contributed by atoms with Crippen LogP contribution in [-0.4, -0.2) is 29.1 Å². The van der Waals surface area contributed by atoms with Crippen molar-refractivity contribution in [1.29, 1.82) is 0 Å². The van der Waals surface area contributed by atoms with E-state index >= 15 is 0 Å². The van der Waals surface area contributed by atoms with Gasteiger partial charge in [-0.15, -0.1) is 0 Å². The fourth-order valence-electron chi connectivity index (χ4n) is 7.13. The predicted molar refractivity (Wildman–Crippen MR) is 97.1 cm³/mol. The molecule has 1 unspecified atom stereocenters. The number of hydrogen-bond donors (Lipinski definition) is 2. The largest absolute Gasteiger partial charge is 0.350 e. The fourth-order valence-corrected chi connectivity index (χ4v) is 7.13. The molecule has 4 bridgehead atoms. The topological polar surface area (TPSA) is 38.5 Å². The van der Waals surface area contributed by atoms with Crippen molar-refractivity contribution in [3.63, 3.8) is 0 Å². The highest BCUT2D eigenvalue weighted by Gasteiger charge is 2.51. The van der Waals surface area contributed by atoms with Crippen molar-refractivity contribution in [3.05, 3.63) is 24.0 Å². The van der Waals surface area contributed by atoms with E-state index in [-0.39, 0.29) is 5.54 Å². The molecule has 5 fully saturated rings. The smallest absolute Gasteiger partial charge is 0.275 e. The van der Waals surface area contributed by atoms with Gasteiger partial charge in [0, 0.05) is 31.6 Å². The molecule has 1 amide bonds. The summed E-state index contributed by atoms with van der Waals surface area (Å²) in [4.78, 5) is 14.4. The van der Waals surface area contributed by atoms with E-state index in [1.165, 1.54) is 62.0 Å². The minimum atomic E-state index is 0.158. The van der Waals surface area contributed by atoms with Crippen LogP contribution in [0.3, 0.4) is 0 Å². The predicted octanol–water partition coefficient (Wildman–Crippen LogP) is 1.83. The van der Waals surface area contributed by atoms with Crippen molar-refractivity contribution >= 4 is 5.91 Å². The van der Waals surface area contributed by atoms with Crippen LogP contribution in [0.1, 0.15) is 63.1 Å². The number of carbonyl (C=O) groups is 1. The number of hydrogen-bond acceptors (Lipinski definition) is 1. The minimum Gasteiger partial charge on any atom is -0.350 e. The highest BCUT2D eigenvalue weighted by molar-refractivity contribution is 5.77. The number of nitrogens with zero attached hydrogens (tertiary/aromatic N) is 1. The van der Waals surface area contributed by atoms with Crippen molar-refractivity contribution in [1.82, 2.24) is 9.88 Å². The normalized spacial score (nSPS) is 42.0. The Hall–Kier alpha value is -1.29. The van der Waals surface area contributed by atoms with E-state index in [0.717, 1.165) is 24.3 Å². The number of amides is 1. The summed E-state index contributed by atoms with van der Waals surface area (Å²) in [5.41, 5.74) is 1.54. The maximum Gasteiger partial charge on any atom is 0.275 e. The van der Waals surface area contributed by atoms with Crippen molar-refractivity contribution in [3.8, 4) is 0 Å². The van der Waals surface area contributed by atoms with E-state index in [4.69, 9.17) is 0 Å². The van der Waals surface area contributed by atoms with Crippen LogP contribution in [0, 0.1) is 17.8 Å². The van der Waals surface area contributed by atoms with E-state index in [1.807, 2.05) is 0 Å². The van der Waals surface area contributed by atoms with Crippen molar-refractivity contribution in [2.75, 3.05) is 13.1 Å². The zero-order valence-electron chi connectivity index (χ0n) is 15.5. The van der Waals surface area contributed by atoms with E-state index in [9.17, 15) is 4.79 Å². The van der Waals surface area contributed by atoms with Crippen molar-refractivity contribution in [2.45, 2.75) is 62.9 Å². The second-order valence-corrected chi connectivity index (χ2v) is 9.57. The second kappa shape index (κ2) is 5.87. The van der Waals surface area contributed by atoms with Crippen LogP contribution in [-0.2, 0) is 11.8 Å². The van der Waals surface area contributed by atoms with E-state index in [1.54, 1.807) is 0 Å². The summed E-state index contributed by atoms with van der Waals surface area (Å²) in [6.45, 7) is 1.78. The molecule has 4 heteroatoms. The lowest BCUT2D eigenvalue weighted by Crippen LogP contribution is -3.11. The maximum atomic E-state index is 12.9. The van der Waals surface area contributed by atoms with Crippen LogP contribution in [0.5, 0.6) is 0 Å². The number of nitrogens with one attached hydrogen (secondary N) is 2. The van der Waals surface area contributed by atoms with Gasteiger partial charge >= 0.3 is 0 Å². The molecule has 0 radical (unpaired) electrons. The first-order valence-corrected chi connectivity index (χ1v) is 10.4. The summed E-state index contributed by atoms with van der Waals surface area (Å²) in [6, 6.07) is 4.84. The number of quaternary nitrogens is 1. The summed E-state index contributed by atoms with van der Waals surface area (Å²) in [7, 11) is 2.13. The molecule has 5 aliphatic rings. The number of rotatable bonds is 4. The molecule has 1 aliphatic heterocycles. The standard InChI is InChI=1S/C21H31N3O/c1-23-6-2-4-18(23)19-5-3-7-24(19)14-20(25)22-21-11-15-8-16(12-21)10-17(9-15)13-21/h2,4,6,15-17,19H,3,5,7-14H2,1H3,(H,22,25)/p+1/t15?,16?,17?,19-,21?/m0/s1. The molecular formula is C21H32N3O+. The monoisotopic (exact) mass is 342 g/mol. The van der Waals surface area contributed by atoms with Gasteiger partial charge in [-0.05, 0) is 68.4 Å². The Labute approximate surface area is 151 Å². The summed E-state index contributed by atoms with van der Waals surface area (Å²) in [6.07, 6.45) is 12.6. The molecule has 136 valence electrons. The number of carbonyl (C=O) groups excluding carboxylic acids is 1. The number of likely N-dealkylation sites (tertiary alicyclic amines) is 1. The van der Waals surface area contributed by atoms with Gasteiger partial charge in [-0.2, -0.15) is 0 Å². The second-order valence-electron chi connectivity index (χ2n) is 9.57. The van der Waals surface area contributed by atoms with Gasteiger partial charge < -0.3 is 14.8 Å². The van der Waals surface area contributed by atoms with Gasteiger partial charge in [0.05, 0.1) is 12.2 Å². The molecule has 2 N–H and O–H groups in total. The Kier molecular flexibility index (Phi) is 3.74. The van der Waals surface area contributed by atoms with Crippen LogP contribution >= 0.6 is 0 Å². The lowest BCUT2D eigenvalue weighted by atomic mass is 9.53. The van der Waals surface area contributed by atoms with Gasteiger partial charge in [-0.3, -0.25) is 4.79 Å². The summed E-state index contributed by atoms with van der Waals surface area (Å²) >= 11 is 0. The van der Waals surface area contributed by atoms with Crippen LogP contribution in [0.4, 0.5) is 0 Å². The zero-order valence-corrected chi connectivity index (χ0v) is 15.5. The van der Waals surface area contributed by atoms with E-state index in [2.05, 4.69) is 35.3 Å². The Morgan fingerprint density at radius 3 is 2.52 bits per heavy atom. The Morgan fingerprint density at radius 1 is 1.24 bits per heavy atom. The molecule has 4 saturated carbocycles. The molecular weight excluding hydrogens is 310 g/mol. The van der Waals surface area contributed by atoms with Gasteiger partial charge in [-0.1, -0.05) is 0 Å². The first-order chi connectivity index (χ1) is 12.1. The van der Waals surface area contributed by atoms with E-state index < -0.39 is 0 Å². The van der Waals surface area contributed by atoms with Crippen molar-refractivity contribution in [2.24, 2.45) is 24.8 Å². The summed E-state index contributed by atoms with van der Waals surface area (Å²) < 4.78 is 2.23. The molecule has 4 nitrogen and oxygen atoms in total. The maximum absolute atomic E-state index is 12.9. The number of aryl methyl sites for hydroxylation is 1. The molecule has 25 heavy (non-hydrogen) atoms. The SMILES string of the molecule is Cn1cccc1[C@@H]1CCC[NH+]1CC(=O)NC12CC3CC(CC(C3)C1)C2. The first kappa shape index (κ1) is 15.9. The highest BCUT2D eigenvalue weighted by atomic mass is 16.2. The van der Waals surface area contributed by atoms with Gasteiger partial charge in [0.1, 0.15) is 6.04 Å². The number of aromatic nitrogens is 1. The lowest BCUT2D eigenvalue weighted by Gasteiger charge is -2.56. The third-order valence-electron chi connectivity index (χ3n) is 7.65. The van der Waals surface area contributed by atoms with Crippen LogP contribution < -0.4 is 10.2 Å². The molecule has 1 aromatic rings. The Morgan fingerprint density at radius 2 is 1.92 bits per heavy atom. The van der Waals surface area contributed by atoms with Crippen LogP contribution in [0.2, 0.25) is 0 Å². The molecule has 4 aliphatic carbocycles. The molecule has 2 atom stereocenters. The average molecular weight is 343 g/mol. The average Bonchev–Trinajstić information content (AvgIpc) is 3.13. The Balaban J connectivity index is 1.26. The van der Waals surface area contributed by atoms with Crippen LogP contribution in [0.25, 0.3) is 0 Å². The van der Waals surface area contributed by atoms with Gasteiger partial charge in [0.25, 0.3) is 5.91 Å². The zero-order chi connectivity index (χ0) is 17.0. The van der Waals surface area contributed by atoms with Gasteiger partial charge in [0.2, 0.25) is 0 Å². The highest BCUT2D eigenvalue weighted by Crippen LogP contribution is 2.55. The van der Waals surface area contributed by atoms with E-state index in [0.29, 0.717) is 18.5 Å². The quantitative estimate of drug-likeness (QED) is 0.861. The molecule has 2 heterocycles. The van der Waals surface area contributed by atoms with Gasteiger partial charge in [0.15, 0.2) is 6.54 Å². The lowest BCUT2D eigenvalue weighted by molar-refractivity contribution is -0.911. The molecule has 6 rings (SSSR count). The third-order valence-corrected chi connectivity index (χ3v) is 7.65. The molecule has 0 aromatic carbocycles. The first-order valence-electron chi connectivity index (χ1n) is 10.4. The minimum absolute atomic E-state index is 0.158. The van der Waals surface area contributed by atoms with Gasteiger partial charge in [-0.25, -0.2) is 0 Å². The third kappa shape index (κ3) is 2.83. The summed E-state index contributed by atoms with van der Waals surface area (Å²) in [5.74, 6) is 2.98. The van der Waals surface area contributed by atoms with Crippen LogP contribution in [0.15, 0.2) is 18.3 Å². The van der Waals surface area contributed by atoms with Crippen molar-refractivity contribution < 1.29 is 9.69 Å². The molecule has 0 spiro atoms. The molecule has 1 aromatic heterocycles. The fraction of sp³-hybridized carbons (Fsp3) is 0.762. The molecule has 1 saturated heterocycles. The Bertz CT molecular complexity index is 629.